The smallest absolute Gasteiger partial charge is 0.286 e. The zero-order valence-corrected chi connectivity index (χ0v) is 16.1. The van der Waals surface area contributed by atoms with Crippen LogP contribution in [0.3, 0.4) is 0 Å². The Morgan fingerprint density at radius 3 is 2.43 bits per heavy atom. The Kier molecular flexibility index (Phi) is 4.93. The molecule has 0 aliphatic heterocycles. The monoisotopic (exact) mass is 414 g/mol. The average Bonchev–Trinajstić information content (AvgIpc) is 3.38. The van der Waals surface area contributed by atoms with Crippen molar-refractivity contribution in [2.24, 2.45) is 0 Å². The summed E-state index contributed by atoms with van der Waals surface area (Å²) >= 11 is 1.42. The molecule has 2 aromatic carbocycles. The van der Waals surface area contributed by atoms with Crippen LogP contribution in [0.5, 0.6) is 0 Å². The summed E-state index contributed by atoms with van der Waals surface area (Å²) < 4.78 is 40.1. The van der Waals surface area contributed by atoms with Gasteiger partial charge in [-0.1, -0.05) is 36.4 Å². The first-order valence-electron chi connectivity index (χ1n) is 8.34. The molecule has 0 spiro atoms. The zero-order valence-electron chi connectivity index (χ0n) is 14.5. The second-order valence-corrected chi connectivity index (χ2v) is 8.59. The van der Waals surface area contributed by atoms with E-state index in [1.807, 2.05) is 17.5 Å². The van der Waals surface area contributed by atoms with E-state index in [0.717, 1.165) is 14.5 Å². The van der Waals surface area contributed by atoms with E-state index >= 15 is 0 Å². The van der Waals surface area contributed by atoms with Gasteiger partial charge in [-0.3, -0.25) is 0 Å². The van der Waals surface area contributed by atoms with Gasteiger partial charge in [0.25, 0.3) is 10.0 Å². The van der Waals surface area contributed by atoms with E-state index in [2.05, 4.69) is 15.4 Å². The normalized spacial score (nSPS) is 11.5. The summed E-state index contributed by atoms with van der Waals surface area (Å²) in [6.07, 6.45) is 0. The third-order valence-electron chi connectivity index (χ3n) is 3.95. The maximum absolute atomic E-state index is 13.1. The summed E-state index contributed by atoms with van der Waals surface area (Å²) in [5.41, 5.74) is 0.783. The van der Waals surface area contributed by atoms with Crippen LogP contribution in [0, 0.1) is 5.82 Å². The van der Waals surface area contributed by atoms with E-state index in [-0.39, 0.29) is 23.2 Å². The molecule has 142 valence electrons. The highest BCUT2D eigenvalue weighted by atomic mass is 32.2. The van der Waals surface area contributed by atoms with Crippen LogP contribution in [-0.4, -0.2) is 22.6 Å². The molecule has 4 aromatic rings. The van der Waals surface area contributed by atoms with E-state index in [0.29, 0.717) is 5.82 Å². The number of thiophene rings is 1. The predicted octanol–water partition coefficient (Wildman–Crippen LogP) is 3.99. The number of hydrogen-bond acceptors (Lipinski definition) is 6. The van der Waals surface area contributed by atoms with Gasteiger partial charge in [0.15, 0.2) is 5.82 Å². The lowest BCUT2D eigenvalue weighted by Gasteiger charge is -2.09. The molecule has 9 heteroatoms. The lowest BCUT2D eigenvalue weighted by molar-refractivity contribution is 0.581. The maximum Gasteiger partial charge on any atom is 0.286 e. The number of aromatic nitrogens is 3. The van der Waals surface area contributed by atoms with Crippen molar-refractivity contribution in [2.45, 2.75) is 11.4 Å². The van der Waals surface area contributed by atoms with Gasteiger partial charge < -0.3 is 5.32 Å². The molecule has 2 aromatic heterocycles. The van der Waals surface area contributed by atoms with Gasteiger partial charge in [0.1, 0.15) is 5.82 Å². The number of anilines is 1. The molecule has 28 heavy (non-hydrogen) atoms. The molecule has 0 saturated heterocycles. The largest absolute Gasteiger partial charge is 0.349 e. The number of halogens is 1. The summed E-state index contributed by atoms with van der Waals surface area (Å²) in [5, 5.41) is 9.10. The molecule has 0 atom stereocenters. The minimum Gasteiger partial charge on any atom is -0.349 e. The molecule has 0 amide bonds. The van der Waals surface area contributed by atoms with Crippen molar-refractivity contribution >= 4 is 27.3 Å². The molecule has 0 aliphatic rings. The fourth-order valence-corrected chi connectivity index (χ4v) is 4.43. The maximum atomic E-state index is 13.1. The fraction of sp³-hybridized carbons (Fsp3) is 0.0526. The third kappa shape index (κ3) is 3.67. The second-order valence-electron chi connectivity index (χ2n) is 5.88. The SMILES string of the molecule is O=S(=O)(c1ccccc1)n1nc(-c2cccs2)nc1NCc1ccc(F)cc1. The third-order valence-corrected chi connectivity index (χ3v) is 6.40. The van der Waals surface area contributed by atoms with E-state index in [9.17, 15) is 12.8 Å². The quantitative estimate of drug-likeness (QED) is 0.516. The highest BCUT2D eigenvalue weighted by Crippen LogP contribution is 2.25. The molecule has 0 saturated carbocycles. The van der Waals surface area contributed by atoms with Crippen LogP contribution in [-0.2, 0) is 16.6 Å². The highest BCUT2D eigenvalue weighted by Gasteiger charge is 2.24. The Morgan fingerprint density at radius 2 is 1.75 bits per heavy atom. The molecule has 0 fully saturated rings. The molecule has 6 nitrogen and oxygen atoms in total. The number of hydrogen-bond donors (Lipinski definition) is 1. The lowest BCUT2D eigenvalue weighted by Crippen LogP contribution is -2.18. The Labute approximate surface area is 165 Å². The van der Waals surface area contributed by atoms with Crippen LogP contribution in [0.15, 0.2) is 77.0 Å². The first-order chi connectivity index (χ1) is 13.5. The van der Waals surface area contributed by atoms with Crippen LogP contribution in [0.2, 0.25) is 0 Å². The summed E-state index contributed by atoms with van der Waals surface area (Å²) in [5.74, 6) is 0.0752. The van der Waals surface area contributed by atoms with Crippen LogP contribution in [0.4, 0.5) is 10.3 Å². The topological polar surface area (TPSA) is 76.9 Å². The minimum absolute atomic E-state index is 0.0941. The zero-order chi connectivity index (χ0) is 19.6. The molecule has 1 N–H and O–H groups in total. The molecule has 2 heterocycles. The highest BCUT2D eigenvalue weighted by molar-refractivity contribution is 7.90. The van der Waals surface area contributed by atoms with E-state index < -0.39 is 10.0 Å². The van der Waals surface area contributed by atoms with E-state index in [1.165, 1.54) is 35.6 Å². The van der Waals surface area contributed by atoms with Crippen LogP contribution in [0.1, 0.15) is 5.56 Å². The van der Waals surface area contributed by atoms with Gasteiger partial charge in [-0.25, -0.2) is 4.39 Å². The van der Waals surface area contributed by atoms with Crippen LogP contribution in [0.25, 0.3) is 10.7 Å². The molecular formula is C19H15FN4O2S2. The molecule has 0 aliphatic carbocycles. The summed E-state index contributed by atoms with van der Waals surface area (Å²) in [6, 6.07) is 17.7. The van der Waals surface area contributed by atoms with Crippen molar-refractivity contribution in [2.75, 3.05) is 5.32 Å². The minimum atomic E-state index is -3.93. The predicted molar refractivity (Wildman–Crippen MR) is 106 cm³/mol. The number of nitrogens with zero attached hydrogens (tertiary/aromatic N) is 3. The van der Waals surface area contributed by atoms with Crippen molar-refractivity contribution in [3.8, 4) is 10.7 Å². The fourth-order valence-electron chi connectivity index (χ4n) is 2.56. The molecule has 0 radical (unpaired) electrons. The average molecular weight is 414 g/mol. The first-order valence-corrected chi connectivity index (χ1v) is 10.7. The first kappa shape index (κ1) is 18.3. The van der Waals surface area contributed by atoms with Crippen LogP contribution >= 0.6 is 11.3 Å². The van der Waals surface area contributed by atoms with Gasteiger partial charge in [-0.05, 0) is 41.3 Å². The van der Waals surface area contributed by atoms with Gasteiger partial charge in [0.05, 0.1) is 9.77 Å². The number of rotatable bonds is 6. The lowest BCUT2D eigenvalue weighted by atomic mass is 10.2. The van der Waals surface area contributed by atoms with Crippen molar-refractivity contribution in [3.05, 3.63) is 83.5 Å². The van der Waals surface area contributed by atoms with Crippen molar-refractivity contribution < 1.29 is 12.8 Å². The van der Waals surface area contributed by atoms with Crippen LogP contribution < -0.4 is 5.32 Å². The molecule has 0 bridgehead atoms. The molecule has 0 unspecified atom stereocenters. The summed E-state index contributed by atoms with van der Waals surface area (Å²) in [4.78, 5) is 5.24. The Morgan fingerprint density at radius 1 is 1.00 bits per heavy atom. The number of benzene rings is 2. The summed E-state index contributed by atoms with van der Waals surface area (Å²) in [6.45, 7) is 0.271. The van der Waals surface area contributed by atoms with Gasteiger partial charge in [0.2, 0.25) is 5.95 Å². The summed E-state index contributed by atoms with van der Waals surface area (Å²) in [7, 11) is -3.93. The molecular weight excluding hydrogens is 399 g/mol. The Hall–Kier alpha value is -3.04. The Bertz CT molecular complexity index is 1170. The molecule has 4 rings (SSSR count). The van der Waals surface area contributed by atoms with E-state index in [4.69, 9.17) is 0 Å². The Balaban J connectivity index is 1.72. The second kappa shape index (κ2) is 7.53. The van der Waals surface area contributed by atoms with E-state index in [1.54, 1.807) is 30.3 Å². The van der Waals surface area contributed by atoms with Crippen molar-refractivity contribution in [3.63, 3.8) is 0 Å². The van der Waals surface area contributed by atoms with Gasteiger partial charge >= 0.3 is 0 Å². The van der Waals surface area contributed by atoms with Crippen molar-refractivity contribution in [1.29, 1.82) is 0 Å². The van der Waals surface area contributed by atoms with Gasteiger partial charge in [-0.15, -0.1) is 20.5 Å². The van der Waals surface area contributed by atoms with Gasteiger partial charge in [0, 0.05) is 6.54 Å². The van der Waals surface area contributed by atoms with Gasteiger partial charge in [-0.2, -0.15) is 13.4 Å². The standard InChI is InChI=1S/C19H15FN4O2S2/c20-15-10-8-14(9-11-15)13-21-19-22-18(17-7-4-12-27-17)23-24(19)28(25,26)16-5-2-1-3-6-16/h1-12H,13H2,(H,21,22,23). The van der Waals surface area contributed by atoms with Crippen molar-refractivity contribution in [1.82, 2.24) is 14.2 Å². The number of nitrogens with one attached hydrogen (secondary N) is 1.